The first kappa shape index (κ1) is 20.6. The number of fused-ring (bicyclic) bond motifs is 1. The Morgan fingerprint density at radius 3 is 2.87 bits per heavy atom. The number of aryl methyl sites for hydroxylation is 2. The van der Waals surface area contributed by atoms with Gasteiger partial charge in [0.2, 0.25) is 5.91 Å². The molecule has 0 spiro atoms. The minimum Gasteiger partial charge on any atom is -0.290 e. The molecule has 1 saturated heterocycles. The van der Waals surface area contributed by atoms with Crippen molar-refractivity contribution in [2.24, 2.45) is 4.99 Å². The molecule has 8 heteroatoms. The maximum atomic E-state index is 13.1. The van der Waals surface area contributed by atoms with Gasteiger partial charge in [0.05, 0.1) is 22.9 Å². The molecule has 0 saturated carbocycles. The molecule has 4 rings (SSSR count). The van der Waals surface area contributed by atoms with Crippen LogP contribution in [0.4, 0.5) is 5.69 Å². The van der Waals surface area contributed by atoms with Crippen LogP contribution in [0.15, 0.2) is 52.5 Å². The predicted octanol–water partition coefficient (Wildman–Crippen LogP) is 4.32. The summed E-state index contributed by atoms with van der Waals surface area (Å²) in [5, 5.41) is 1.78. The zero-order valence-corrected chi connectivity index (χ0v) is 18.3. The van der Waals surface area contributed by atoms with Gasteiger partial charge in [-0.05, 0) is 49.6 Å². The topological polar surface area (TPSA) is 67.6 Å². The van der Waals surface area contributed by atoms with Crippen molar-refractivity contribution >= 4 is 51.0 Å². The van der Waals surface area contributed by atoms with E-state index in [-0.39, 0.29) is 18.0 Å². The number of halogens is 1. The number of carbonyl (C=O) groups excluding carboxylic acids is 1. The second-order valence-corrected chi connectivity index (χ2v) is 8.69. The number of hydrogen-bond donors (Lipinski definition) is 0. The number of nitrogens with zero attached hydrogens (tertiary/aromatic N) is 4. The summed E-state index contributed by atoms with van der Waals surface area (Å²) < 4.78 is 1.36. The van der Waals surface area contributed by atoms with Crippen molar-refractivity contribution in [1.82, 2.24) is 14.5 Å². The van der Waals surface area contributed by atoms with Crippen LogP contribution in [0.1, 0.15) is 17.5 Å². The Labute approximate surface area is 183 Å². The highest BCUT2D eigenvalue weighted by atomic mass is 35.5. The second kappa shape index (κ2) is 8.62. The van der Waals surface area contributed by atoms with Crippen molar-refractivity contribution < 1.29 is 4.79 Å². The molecule has 0 unspecified atom stereocenters. The van der Waals surface area contributed by atoms with Crippen LogP contribution in [0.3, 0.4) is 0 Å². The summed E-state index contributed by atoms with van der Waals surface area (Å²) in [6.45, 7) is 4.33. The normalized spacial score (nSPS) is 15.7. The molecule has 0 atom stereocenters. The summed E-state index contributed by atoms with van der Waals surface area (Å²) in [5.74, 6) is 0.703. The highest BCUT2D eigenvalue weighted by Gasteiger charge is 2.24. The fourth-order valence-corrected chi connectivity index (χ4v) is 4.48. The molecule has 0 aliphatic carbocycles. The van der Waals surface area contributed by atoms with Crippen molar-refractivity contribution in [3.05, 3.63) is 69.2 Å². The summed E-state index contributed by atoms with van der Waals surface area (Å²) in [5.41, 5.74) is 3.06. The fourth-order valence-electron chi connectivity index (χ4n) is 3.33. The standard InChI is InChI=1S/C22H21ClN4O2S/c1-14-7-8-16(11-18(14)23)25-22-27(9-4-10-30-22)19(28)12-26-13-24-20-15(2)5-3-6-17(20)21(26)29/h3,5-8,11,13H,4,9-10,12H2,1-2H3. The van der Waals surface area contributed by atoms with Crippen molar-refractivity contribution in [2.45, 2.75) is 26.8 Å². The van der Waals surface area contributed by atoms with Crippen molar-refractivity contribution in [1.29, 1.82) is 0 Å². The average molecular weight is 441 g/mol. The van der Waals surface area contributed by atoms with Gasteiger partial charge < -0.3 is 0 Å². The van der Waals surface area contributed by atoms with Gasteiger partial charge in [0.25, 0.3) is 5.56 Å². The van der Waals surface area contributed by atoms with Gasteiger partial charge in [-0.2, -0.15) is 0 Å². The first-order valence-electron chi connectivity index (χ1n) is 9.67. The Balaban J connectivity index is 1.62. The first-order chi connectivity index (χ1) is 14.4. The van der Waals surface area contributed by atoms with Gasteiger partial charge >= 0.3 is 0 Å². The molecule has 1 aliphatic rings. The van der Waals surface area contributed by atoms with Gasteiger partial charge in [0, 0.05) is 17.3 Å². The maximum Gasteiger partial charge on any atom is 0.261 e. The van der Waals surface area contributed by atoms with Gasteiger partial charge in [-0.3, -0.25) is 19.1 Å². The largest absolute Gasteiger partial charge is 0.290 e. The third kappa shape index (κ3) is 4.13. The second-order valence-electron chi connectivity index (χ2n) is 7.22. The lowest BCUT2D eigenvalue weighted by Crippen LogP contribution is -2.42. The van der Waals surface area contributed by atoms with Crippen molar-refractivity contribution in [2.75, 3.05) is 12.3 Å². The minimum atomic E-state index is -0.217. The van der Waals surface area contributed by atoms with E-state index < -0.39 is 0 Å². The summed E-state index contributed by atoms with van der Waals surface area (Å²) in [6, 6.07) is 11.1. The van der Waals surface area contributed by atoms with E-state index in [0.29, 0.717) is 33.3 Å². The molecule has 1 aromatic heterocycles. The Morgan fingerprint density at radius 1 is 1.23 bits per heavy atom. The number of thioether (sulfide) groups is 1. The van der Waals surface area contributed by atoms with Crippen LogP contribution < -0.4 is 5.56 Å². The zero-order valence-electron chi connectivity index (χ0n) is 16.8. The number of rotatable bonds is 3. The number of amides is 1. The van der Waals surface area contributed by atoms with E-state index in [0.717, 1.165) is 23.3 Å². The summed E-state index contributed by atoms with van der Waals surface area (Å²) in [6.07, 6.45) is 2.32. The van der Waals surface area contributed by atoms with Crippen LogP contribution in [0.2, 0.25) is 5.02 Å². The molecule has 0 radical (unpaired) electrons. The molecule has 1 amide bonds. The van der Waals surface area contributed by atoms with E-state index in [2.05, 4.69) is 9.98 Å². The van der Waals surface area contributed by atoms with Crippen LogP contribution in [0, 0.1) is 13.8 Å². The average Bonchev–Trinajstić information content (AvgIpc) is 2.73. The van der Waals surface area contributed by atoms with E-state index >= 15 is 0 Å². The number of carbonyl (C=O) groups is 1. The molecule has 1 aliphatic heterocycles. The lowest BCUT2D eigenvalue weighted by molar-refractivity contribution is -0.128. The molecule has 6 nitrogen and oxygen atoms in total. The number of aromatic nitrogens is 2. The van der Waals surface area contributed by atoms with Gasteiger partial charge in [0.1, 0.15) is 6.54 Å². The Hall–Kier alpha value is -2.64. The van der Waals surface area contributed by atoms with Crippen LogP contribution in [0.5, 0.6) is 0 Å². The molecule has 3 aromatic rings. The van der Waals surface area contributed by atoms with E-state index in [4.69, 9.17) is 11.6 Å². The number of amidine groups is 1. The number of para-hydroxylation sites is 1. The van der Waals surface area contributed by atoms with E-state index in [1.165, 1.54) is 22.7 Å². The van der Waals surface area contributed by atoms with Crippen molar-refractivity contribution in [3.63, 3.8) is 0 Å². The van der Waals surface area contributed by atoms with Gasteiger partial charge in [0.15, 0.2) is 5.17 Å². The fraction of sp³-hybridized carbons (Fsp3) is 0.273. The zero-order chi connectivity index (χ0) is 21.3. The molecule has 154 valence electrons. The molecule has 1 fully saturated rings. The first-order valence-corrected chi connectivity index (χ1v) is 11.0. The monoisotopic (exact) mass is 440 g/mol. The lowest BCUT2D eigenvalue weighted by atomic mass is 10.1. The summed E-state index contributed by atoms with van der Waals surface area (Å²) in [7, 11) is 0. The van der Waals surface area contributed by atoms with E-state index in [9.17, 15) is 9.59 Å². The third-order valence-electron chi connectivity index (χ3n) is 5.03. The minimum absolute atomic E-state index is 0.0794. The Kier molecular flexibility index (Phi) is 5.92. The molecule has 30 heavy (non-hydrogen) atoms. The summed E-state index contributed by atoms with van der Waals surface area (Å²) >= 11 is 7.75. The number of benzene rings is 2. The van der Waals surface area contributed by atoms with Crippen LogP contribution in [-0.2, 0) is 11.3 Å². The predicted molar refractivity (Wildman–Crippen MR) is 123 cm³/mol. The highest BCUT2D eigenvalue weighted by molar-refractivity contribution is 8.13. The molecule has 2 aromatic carbocycles. The van der Waals surface area contributed by atoms with E-state index in [1.807, 2.05) is 38.1 Å². The van der Waals surface area contributed by atoms with Crippen LogP contribution in [-0.4, -0.2) is 37.8 Å². The molecular formula is C22H21ClN4O2S. The van der Waals surface area contributed by atoms with Crippen molar-refractivity contribution in [3.8, 4) is 0 Å². The number of aliphatic imine (C=N–C) groups is 1. The van der Waals surface area contributed by atoms with E-state index in [1.54, 1.807) is 17.0 Å². The molecular weight excluding hydrogens is 420 g/mol. The Bertz CT molecular complexity index is 1220. The number of hydrogen-bond acceptors (Lipinski definition) is 5. The lowest BCUT2D eigenvalue weighted by Gasteiger charge is -2.28. The van der Waals surface area contributed by atoms with Gasteiger partial charge in [-0.1, -0.05) is 41.6 Å². The smallest absolute Gasteiger partial charge is 0.261 e. The maximum absolute atomic E-state index is 13.1. The van der Waals surface area contributed by atoms with Gasteiger partial charge in [-0.25, -0.2) is 9.98 Å². The third-order valence-corrected chi connectivity index (χ3v) is 6.50. The van der Waals surface area contributed by atoms with Gasteiger partial charge in [-0.15, -0.1) is 0 Å². The SMILES string of the molecule is Cc1ccc(N=C2SCCCN2C(=O)Cn2cnc3c(C)cccc3c2=O)cc1Cl. The molecule has 2 heterocycles. The van der Waals surface area contributed by atoms with Crippen LogP contribution in [0.25, 0.3) is 10.9 Å². The molecule has 0 N–H and O–H groups in total. The Morgan fingerprint density at radius 2 is 2.07 bits per heavy atom. The molecule has 0 bridgehead atoms. The highest BCUT2D eigenvalue weighted by Crippen LogP contribution is 2.26. The summed E-state index contributed by atoms with van der Waals surface area (Å²) in [4.78, 5) is 36.6. The quantitative estimate of drug-likeness (QED) is 0.608. The van der Waals surface area contributed by atoms with Crippen LogP contribution >= 0.6 is 23.4 Å².